The molecule has 0 atom stereocenters. The van der Waals surface area contributed by atoms with Gasteiger partial charge in [-0.25, -0.2) is 0 Å². The van der Waals surface area contributed by atoms with Gasteiger partial charge in [0.05, 0.1) is 0 Å². The number of piperazine rings is 1. The molecule has 2 aromatic carbocycles. The van der Waals surface area contributed by atoms with E-state index in [1.165, 1.54) is 54.7 Å². The highest BCUT2D eigenvalue weighted by atomic mass is 16.2. The molecule has 0 saturated carbocycles. The summed E-state index contributed by atoms with van der Waals surface area (Å²) in [6.45, 7) is 11.1. The van der Waals surface area contributed by atoms with E-state index >= 15 is 0 Å². The van der Waals surface area contributed by atoms with Gasteiger partial charge in [-0.3, -0.25) is 9.69 Å². The van der Waals surface area contributed by atoms with Crippen LogP contribution in [0.1, 0.15) is 46.3 Å². The van der Waals surface area contributed by atoms with Crippen molar-refractivity contribution in [1.82, 2.24) is 9.80 Å². The minimum atomic E-state index is 0.162. The quantitative estimate of drug-likeness (QED) is 0.779. The molecule has 2 fully saturated rings. The lowest BCUT2D eigenvalue weighted by atomic mass is 10.1. The van der Waals surface area contributed by atoms with Gasteiger partial charge in [0.1, 0.15) is 0 Å². The summed E-state index contributed by atoms with van der Waals surface area (Å²) in [5.74, 6) is 0.162. The molecule has 2 aromatic rings. The summed E-state index contributed by atoms with van der Waals surface area (Å²) in [7, 11) is 0. The number of rotatable bonds is 4. The van der Waals surface area contributed by atoms with Gasteiger partial charge in [-0.15, -0.1) is 0 Å². The van der Waals surface area contributed by atoms with Crippen molar-refractivity contribution >= 4 is 11.6 Å². The Labute approximate surface area is 175 Å². The Morgan fingerprint density at radius 1 is 0.828 bits per heavy atom. The van der Waals surface area contributed by atoms with E-state index < -0.39 is 0 Å². The van der Waals surface area contributed by atoms with Crippen LogP contribution in [0.15, 0.2) is 42.5 Å². The molecule has 0 aromatic heterocycles. The minimum Gasteiger partial charge on any atom is -0.368 e. The maximum absolute atomic E-state index is 13.0. The van der Waals surface area contributed by atoms with Crippen LogP contribution in [0.5, 0.6) is 0 Å². The third kappa shape index (κ3) is 4.64. The highest BCUT2D eigenvalue weighted by Crippen LogP contribution is 2.24. The van der Waals surface area contributed by atoms with Crippen molar-refractivity contribution in [3.05, 3.63) is 64.7 Å². The zero-order valence-corrected chi connectivity index (χ0v) is 17.9. The van der Waals surface area contributed by atoms with E-state index in [1.54, 1.807) is 0 Å². The molecule has 29 heavy (non-hydrogen) atoms. The molecule has 0 aliphatic carbocycles. The number of carbonyl (C=O) groups is 1. The van der Waals surface area contributed by atoms with Gasteiger partial charge in [0, 0.05) is 44.0 Å². The molecule has 2 heterocycles. The van der Waals surface area contributed by atoms with E-state index in [9.17, 15) is 4.79 Å². The van der Waals surface area contributed by atoms with Crippen molar-refractivity contribution in [2.45, 2.75) is 39.7 Å². The maximum Gasteiger partial charge on any atom is 0.253 e. The van der Waals surface area contributed by atoms with Crippen LogP contribution in [0, 0.1) is 13.8 Å². The zero-order chi connectivity index (χ0) is 20.2. The largest absolute Gasteiger partial charge is 0.368 e. The standard InChI is InChI=1S/C25H33N3O/c1-20-7-6-8-24(21(20)2)27-15-17-28(18-16-27)25(29)23-11-9-22(10-12-23)19-26-13-4-3-5-14-26/h6-12H,3-5,13-19H2,1-2H3. The SMILES string of the molecule is Cc1cccc(N2CCN(C(=O)c3ccc(CN4CCCCC4)cc3)CC2)c1C. The van der Waals surface area contributed by atoms with Crippen LogP contribution in [0.2, 0.25) is 0 Å². The Bertz CT molecular complexity index is 832. The van der Waals surface area contributed by atoms with Gasteiger partial charge in [-0.2, -0.15) is 0 Å². The highest BCUT2D eigenvalue weighted by Gasteiger charge is 2.23. The molecular formula is C25H33N3O. The highest BCUT2D eigenvalue weighted by molar-refractivity contribution is 5.94. The normalized spacial score (nSPS) is 18.1. The number of carbonyl (C=O) groups excluding carboxylic acids is 1. The number of piperidine rings is 1. The number of hydrogen-bond donors (Lipinski definition) is 0. The number of benzene rings is 2. The van der Waals surface area contributed by atoms with Crippen LogP contribution in [0.25, 0.3) is 0 Å². The van der Waals surface area contributed by atoms with Crippen LogP contribution in [-0.4, -0.2) is 55.0 Å². The van der Waals surface area contributed by atoms with Gasteiger partial charge in [0.25, 0.3) is 5.91 Å². The average Bonchev–Trinajstić information content (AvgIpc) is 2.77. The van der Waals surface area contributed by atoms with Gasteiger partial charge in [-0.1, -0.05) is 30.7 Å². The van der Waals surface area contributed by atoms with Gasteiger partial charge < -0.3 is 9.80 Å². The Morgan fingerprint density at radius 2 is 1.52 bits per heavy atom. The molecule has 4 nitrogen and oxygen atoms in total. The fraction of sp³-hybridized carbons (Fsp3) is 0.480. The fourth-order valence-electron chi connectivity index (χ4n) is 4.54. The first kappa shape index (κ1) is 20.0. The predicted molar refractivity (Wildman–Crippen MR) is 120 cm³/mol. The van der Waals surface area contributed by atoms with Gasteiger partial charge >= 0.3 is 0 Å². The van der Waals surface area contributed by atoms with Crippen molar-refractivity contribution in [1.29, 1.82) is 0 Å². The molecule has 2 aliphatic heterocycles. The molecule has 0 radical (unpaired) electrons. The lowest BCUT2D eigenvalue weighted by Gasteiger charge is -2.37. The number of likely N-dealkylation sites (tertiary alicyclic amines) is 1. The van der Waals surface area contributed by atoms with Crippen molar-refractivity contribution in [3.8, 4) is 0 Å². The summed E-state index contributed by atoms with van der Waals surface area (Å²) in [6.07, 6.45) is 3.98. The van der Waals surface area contributed by atoms with Crippen molar-refractivity contribution in [3.63, 3.8) is 0 Å². The number of anilines is 1. The zero-order valence-electron chi connectivity index (χ0n) is 17.9. The average molecular weight is 392 g/mol. The first-order valence-electron chi connectivity index (χ1n) is 11.0. The Morgan fingerprint density at radius 3 is 2.21 bits per heavy atom. The minimum absolute atomic E-state index is 0.162. The summed E-state index contributed by atoms with van der Waals surface area (Å²) in [5, 5.41) is 0. The van der Waals surface area contributed by atoms with Crippen LogP contribution in [0.4, 0.5) is 5.69 Å². The van der Waals surface area contributed by atoms with Crippen molar-refractivity contribution in [2.24, 2.45) is 0 Å². The summed E-state index contributed by atoms with van der Waals surface area (Å²) in [4.78, 5) is 19.9. The van der Waals surface area contributed by atoms with Crippen LogP contribution in [0.3, 0.4) is 0 Å². The summed E-state index contributed by atoms with van der Waals surface area (Å²) < 4.78 is 0. The molecule has 0 unspecified atom stereocenters. The molecule has 1 amide bonds. The molecule has 0 N–H and O–H groups in total. The van der Waals surface area contributed by atoms with E-state index in [2.05, 4.69) is 54.0 Å². The van der Waals surface area contributed by atoms with Crippen molar-refractivity contribution in [2.75, 3.05) is 44.2 Å². The van der Waals surface area contributed by atoms with E-state index in [0.717, 1.165) is 38.3 Å². The maximum atomic E-state index is 13.0. The van der Waals surface area contributed by atoms with Crippen LogP contribution < -0.4 is 4.90 Å². The molecule has 2 saturated heterocycles. The summed E-state index contributed by atoms with van der Waals surface area (Å²) >= 11 is 0. The Balaban J connectivity index is 1.34. The first-order valence-corrected chi connectivity index (χ1v) is 11.0. The summed E-state index contributed by atoms with van der Waals surface area (Å²) in [6, 6.07) is 14.8. The second-order valence-corrected chi connectivity index (χ2v) is 8.53. The monoisotopic (exact) mass is 391 g/mol. The Kier molecular flexibility index (Phi) is 6.19. The molecule has 4 heteroatoms. The number of aryl methyl sites for hydroxylation is 1. The number of nitrogens with zero attached hydrogens (tertiary/aromatic N) is 3. The second kappa shape index (κ2) is 9.00. The Hall–Kier alpha value is -2.33. The third-order valence-corrected chi connectivity index (χ3v) is 6.54. The molecule has 4 rings (SSSR count). The van der Waals surface area contributed by atoms with E-state index in [1.807, 2.05) is 17.0 Å². The molecular weight excluding hydrogens is 358 g/mol. The molecule has 2 aliphatic rings. The van der Waals surface area contributed by atoms with Crippen LogP contribution >= 0.6 is 0 Å². The van der Waals surface area contributed by atoms with Crippen LogP contribution in [-0.2, 0) is 6.54 Å². The second-order valence-electron chi connectivity index (χ2n) is 8.53. The lowest BCUT2D eigenvalue weighted by molar-refractivity contribution is 0.0746. The predicted octanol–water partition coefficient (Wildman–Crippen LogP) is 4.25. The van der Waals surface area contributed by atoms with E-state index in [0.29, 0.717) is 0 Å². The third-order valence-electron chi connectivity index (χ3n) is 6.54. The van der Waals surface area contributed by atoms with E-state index in [-0.39, 0.29) is 5.91 Å². The van der Waals surface area contributed by atoms with Gasteiger partial charge in [0.15, 0.2) is 0 Å². The number of hydrogen-bond acceptors (Lipinski definition) is 3. The summed E-state index contributed by atoms with van der Waals surface area (Å²) in [5.41, 5.74) is 6.09. The first-order chi connectivity index (χ1) is 14.1. The lowest BCUT2D eigenvalue weighted by Crippen LogP contribution is -2.49. The van der Waals surface area contributed by atoms with Crippen molar-refractivity contribution < 1.29 is 4.79 Å². The van der Waals surface area contributed by atoms with Gasteiger partial charge in [0.2, 0.25) is 0 Å². The smallest absolute Gasteiger partial charge is 0.253 e. The molecule has 154 valence electrons. The molecule has 0 bridgehead atoms. The van der Waals surface area contributed by atoms with Gasteiger partial charge in [-0.05, 0) is 74.7 Å². The number of amides is 1. The topological polar surface area (TPSA) is 26.8 Å². The molecule has 0 spiro atoms. The van der Waals surface area contributed by atoms with E-state index in [4.69, 9.17) is 0 Å². The fourth-order valence-corrected chi connectivity index (χ4v) is 4.54.